The highest BCUT2D eigenvalue weighted by atomic mass is 35.5. The van der Waals surface area contributed by atoms with Gasteiger partial charge in [-0.2, -0.15) is 0 Å². The van der Waals surface area contributed by atoms with E-state index in [1.54, 1.807) is 12.1 Å². The van der Waals surface area contributed by atoms with Crippen molar-refractivity contribution in [2.24, 2.45) is 0 Å². The fourth-order valence-corrected chi connectivity index (χ4v) is 3.76. The van der Waals surface area contributed by atoms with Crippen molar-refractivity contribution >= 4 is 23.4 Å². The number of halogens is 1. The number of nitrogens with zero attached hydrogens (tertiary/aromatic N) is 2. The standard InChI is InChI=1S/C18H16ClN3OS/c1-11-17(12-2-4-13(19)5-3-12)18(23)22(21-11)16-9-8-15(10-20-16)24-14-6-7-14/h2-5,8-10,14,21H,6-7H2,1H3. The molecule has 0 aliphatic heterocycles. The number of rotatable bonds is 4. The molecule has 1 aliphatic rings. The van der Waals surface area contributed by atoms with E-state index in [0.717, 1.165) is 21.4 Å². The number of pyridine rings is 1. The third-order valence-corrected chi connectivity index (χ3v) is 5.55. The van der Waals surface area contributed by atoms with Crippen LogP contribution in [0.5, 0.6) is 0 Å². The number of hydrogen-bond donors (Lipinski definition) is 1. The van der Waals surface area contributed by atoms with Crippen LogP contribution < -0.4 is 5.56 Å². The summed E-state index contributed by atoms with van der Waals surface area (Å²) in [5.74, 6) is 0.600. The molecule has 3 aromatic rings. The van der Waals surface area contributed by atoms with Gasteiger partial charge in [0, 0.05) is 27.1 Å². The lowest BCUT2D eigenvalue weighted by atomic mass is 10.1. The highest BCUT2D eigenvalue weighted by Gasteiger charge is 2.22. The number of thioether (sulfide) groups is 1. The van der Waals surface area contributed by atoms with Gasteiger partial charge >= 0.3 is 0 Å². The first-order valence-corrected chi connectivity index (χ1v) is 9.08. The van der Waals surface area contributed by atoms with E-state index in [9.17, 15) is 4.79 Å². The topological polar surface area (TPSA) is 50.7 Å². The summed E-state index contributed by atoms with van der Waals surface area (Å²) in [6, 6.07) is 11.2. The molecule has 1 aromatic carbocycles. The minimum absolute atomic E-state index is 0.107. The van der Waals surface area contributed by atoms with E-state index >= 15 is 0 Å². The van der Waals surface area contributed by atoms with Crippen molar-refractivity contribution in [3.8, 4) is 16.9 Å². The summed E-state index contributed by atoms with van der Waals surface area (Å²) in [5.41, 5.74) is 2.19. The van der Waals surface area contributed by atoms with Crippen LogP contribution in [0.4, 0.5) is 0 Å². The van der Waals surface area contributed by atoms with E-state index in [1.165, 1.54) is 17.5 Å². The maximum atomic E-state index is 12.8. The Morgan fingerprint density at radius 3 is 2.58 bits per heavy atom. The van der Waals surface area contributed by atoms with Crippen molar-refractivity contribution in [3.05, 3.63) is 63.7 Å². The largest absolute Gasteiger partial charge is 0.293 e. The number of hydrogen-bond acceptors (Lipinski definition) is 3. The van der Waals surface area contributed by atoms with E-state index in [1.807, 2.05) is 49.1 Å². The summed E-state index contributed by atoms with van der Waals surface area (Å²) in [6.07, 6.45) is 4.40. The molecular weight excluding hydrogens is 342 g/mol. The van der Waals surface area contributed by atoms with Crippen LogP contribution in [0.3, 0.4) is 0 Å². The lowest BCUT2D eigenvalue weighted by Gasteiger charge is -2.02. The van der Waals surface area contributed by atoms with Crippen molar-refractivity contribution in [1.82, 2.24) is 14.8 Å². The molecule has 1 aliphatic carbocycles. The maximum Gasteiger partial charge on any atom is 0.280 e. The molecule has 24 heavy (non-hydrogen) atoms. The third-order valence-electron chi connectivity index (χ3n) is 3.98. The molecule has 122 valence electrons. The number of nitrogens with one attached hydrogen (secondary N) is 1. The molecule has 0 bridgehead atoms. The number of aromatic nitrogens is 3. The molecule has 0 unspecified atom stereocenters. The first kappa shape index (κ1) is 15.5. The molecule has 4 nitrogen and oxygen atoms in total. The van der Waals surface area contributed by atoms with E-state index in [-0.39, 0.29) is 5.56 Å². The maximum absolute atomic E-state index is 12.8. The van der Waals surface area contributed by atoms with Crippen molar-refractivity contribution in [1.29, 1.82) is 0 Å². The Labute approximate surface area is 148 Å². The van der Waals surface area contributed by atoms with Crippen molar-refractivity contribution in [3.63, 3.8) is 0 Å². The Morgan fingerprint density at radius 1 is 1.21 bits per heavy atom. The average Bonchev–Trinajstić information content (AvgIpc) is 3.34. The Balaban J connectivity index is 1.70. The number of aryl methyl sites for hydroxylation is 1. The second-order valence-corrected chi connectivity index (χ2v) is 7.74. The summed E-state index contributed by atoms with van der Waals surface area (Å²) >= 11 is 7.78. The molecule has 2 heterocycles. The van der Waals surface area contributed by atoms with E-state index in [4.69, 9.17) is 11.6 Å². The van der Waals surface area contributed by atoms with Crippen LogP contribution in [0.1, 0.15) is 18.5 Å². The Hall–Kier alpha value is -1.98. The monoisotopic (exact) mass is 357 g/mol. The van der Waals surface area contributed by atoms with Gasteiger partial charge in [-0.05, 0) is 49.6 Å². The molecular formula is C18H16ClN3OS. The van der Waals surface area contributed by atoms with Crippen LogP contribution in [0.2, 0.25) is 5.02 Å². The minimum atomic E-state index is -0.107. The zero-order chi connectivity index (χ0) is 16.7. The van der Waals surface area contributed by atoms with Crippen LogP contribution in [0.25, 0.3) is 16.9 Å². The Bertz CT molecular complexity index is 924. The van der Waals surface area contributed by atoms with Gasteiger partial charge in [0.05, 0.1) is 5.56 Å². The normalized spacial score (nSPS) is 14.1. The van der Waals surface area contributed by atoms with Crippen molar-refractivity contribution in [2.75, 3.05) is 0 Å². The predicted octanol–water partition coefficient (Wildman–Crippen LogP) is 4.44. The minimum Gasteiger partial charge on any atom is -0.293 e. The van der Waals surface area contributed by atoms with Gasteiger partial charge in [-0.15, -0.1) is 11.8 Å². The van der Waals surface area contributed by atoms with Gasteiger partial charge in [-0.3, -0.25) is 9.89 Å². The molecule has 1 N–H and O–H groups in total. The van der Waals surface area contributed by atoms with Gasteiger partial charge in [0.1, 0.15) is 0 Å². The molecule has 0 spiro atoms. The molecule has 4 rings (SSSR count). The summed E-state index contributed by atoms with van der Waals surface area (Å²) in [5, 5.41) is 4.51. The van der Waals surface area contributed by atoms with E-state index in [2.05, 4.69) is 10.1 Å². The van der Waals surface area contributed by atoms with Crippen LogP contribution in [-0.4, -0.2) is 20.0 Å². The first-order valence-electron chi connectivity index (χ1n) is 7.82. The smallest absolute Gasteiger partial charge is 0.280 e. The zero-order valence-electron chi connectivity index (χ0n) is 13.1. The van der Waals surface area contributed by atoms with Gasteiger partial charge < -0.3 is 0 Å². The van der Waals surface area contributed by atoms with E-state index in [0.29, 0.717) is 16.4 Å². The highest BCUT2D eigenvalue weighted by molar-refractivity contribution is 8.00. The first-order chi connectivity index (χ1) is 11.6. The molecule has 1 saturated carbocycles. The van der Waals surface area contributed by atoms with Crippen molar-refractivity contribution in [2.45, 2.75) is 29.9 Å². The second-order valence-electron chi connectivity index (χ2n) is 5.93. The van der Waals surface area contributed by atoms with Crippen molar-refractivity contribution < 1.29 is 0 Å². The van der Waals surface area contributed by atoms with Gasteiger partial charge in [0.15, 0.2) is 5.82 Å². The SMILES string of the molecule is Cc1[nH]n(-c2ccc(SC3CC3)cn2)c(=O)c1-c1ccc(Cl)cc1. The Kier molecular flexibility index (Phi) is 3.98. The molecule has 0 amide bonds. The Morgan fingerprint density at radius 2 is 1.96 bits per heavy atom. The highest BCUT2D eigenvalue weighted by Crippen LogP contribution is 2.38. The van der Waals surface area contributed by atoms with Gasteiger partial charge in [0.25, 0.3) is 5.56 Å². The predicted molar refractivity (Wildman–Crippen MR) is 98.2 cm³/mol. The fraction of sp³-hybridized carbons (Fsp3) is 0.222. The van der Waals surface area contributed by atoms with Gasteiger partial charge in [0.2, 0.25) is 0 Å². The number of benzene rings is 1. The quantitative estimate of drug-likeness (QED) is 0.750. The number of H-pyrrole nitrogens is 1. The van der Waals surface area contributed by atoms with Gasteiger partial charge in [-0.25, -0.2) is 9.67 Å². The van der Waals surface area contributed by atoms with Gasteiger partial charge in [-0.1, -0.05) is 23.7 Å². The summed E-state index contributed by atoms with van der Waals surface area (Å²) < 4.78 is 1.49. The molecule has 1 fully saturated rings. The van der Waals surface area contributed by atoms with Crippen LogP contribution in [0, 0.1) is 6.92 Å². The van der Waals surface area contributed by atoms with Crippen LogP contribution >= 0.6 is 23.4 Å². The number of aromatic amines is 1. The molecule has 6 heteroatoms. The fourth-order valence-electron chi connectivity index (χ4n) is 2.62. The lowest BCUT2D eigenvalue weighted by molar-refractivity contribution is 0.804. The lowest BCUT2D eigenvalue weighted by Crippen LogP contribution is -2.16. The molecule has 0 saturated heterocycles. The van der Waals surface area contributed by atoms with Crippen LogP contribution in [0.15, 0.2) is 52.3 Å². The third kappa shape index (κ3) is 3.01. The summed E-state index contributed by atoms with van der Waals surface area (Å²) in [7, 11) is 0. The second kappa shape index (κ2) is 6.15. The van der Waals surface area contributed by atoms with Crippen LogP contribution in [-0.2, 0) is 0 Å². The zero-order valence-corrected chi connectivity index (χ0v) is 14.7. The molecule has 2 aromatic heterocycles. The average molecular weight is 358 g/mol. The van der Waals surface area contributed by atoms with E-state index < -0.39 is 0 Å². The summed E-state index contributed by atoms with van der Waals surface area (Å²) in [6.45, 7) is 1.89. The summed E-state index contributed by atoms with van der Waals surface area (Å²) in [4.78, 5) is 18.4. The molecule has 0 atom stereocenters. The molecule has 0 radical (unpaired) electrons.